The summed E-state index contributed by atoms with van der Waals surface area (Å²) in [6, 6.07) is -3.89. The number of nitrogens with zero attached hydrogens (tertiary/aromatic N) is 1. The zero-order chi connectivity index (χ0) is 25.0. The van der Waals surface area contributed by atoms with Gasteiger partial charge in [0.2, 0.25) is 17.7 Å². The summed E-state index contributed by atoms with van der Waals surface area (Å²) in [5.74, 6) is -3.36. The molecule has 32 heavy (non-hydrogen) atoms. The normalized spacial score (nSPS) is 15.6. The van der Waals surface area contributed by atoms with Crippen LogP contribution in [0.25, 0.3) is 0 Å². The van der Waals surface area contributed by atoms with Gasteiger partial charge in [0.1, 0.15) is 18.1 Å². The third-order valence-corrected chi connectivity index (χ3v) is 5.12. The number of hydrogen-bond acceptors (Lipinski definition) is 6. The van der Waals surface area contributed by atoms with Crippen LogP contribution in [0.3, 0.4) is 0 Å². The van der Waals surface area contributed by atoms with Gasteiger partial charge in [-0.2, -0.15) is 0 Å². The van der Waals surface area contributed by atoms with Crippen molar-refractivity contribution in [2.75, 3.05) is 6.54 Å². The van der Waals surface area contributed by atoms with E-state index in [2.05, 4.69) is 20.9 Å². The number of carboxylic acid groups (broad SMARTS) is 1. The zero-order valence-electron chi connectivity index (χ0n) is 19.6. The van der Waals surface area contributed by atoms with Crippen LogP contribution in [0.5, 0.6) is 0 Å². The molecule has 10 N–H and O–H groups in total. The minimum absolute atomic E-state index is 0.101. The maximum Gasteiger partial charge on any atom is 0.325 e. The monoisotopic (exact) mass is 457 g/mol. The molecule has 0 rings (SSSR count). The first-order valence-electron chi connectivity index (χ1n) is 10.8. The molecule has 0 aliphatic rings. The molecule has 5 unspecified atom stereocenters. The quantitative estimate of drug-likeness (QED) is 0.0935. The lowest BCUT2D eigenvalue weighted by atomic mass is 9.96. The molecule has 0 saturated carbocycles. The second kappa shape index (κ2) is 14.2. The van der Waals surface area contributed by atoms with E-state index in [9.17, 15) is 19.2 Å². The lowest BCUT2D eigenvalue weighted by molar-refractivity contribution is -0.142. The van der Waals surface area contributed by atoms with Gasteiger partial charge in [-0.25, -0.2) is 0 Å². The fraction of sp³-hybridized carbons (Fsp3) is 0.750. The fourth-order valence-corrected chi connectivity index (χ4v) is 2.66. The highest BCUT2D eigenvalue weighted by molar-refractivity contribution is 5.94. The van der Waals surface area contributed by atoms with Gasteiger partial charge in [0, 0.05) is 6.54 Å². The lowest BCUT2D eigenvalue weighted by Gasteiger charge is -2.28. The third-order valence-electron chi connectivity index (χ3n) is 5.12. The number of nitrogens with two attached hydrogens (primary N) is 3. The smallest absolute Gasteiger partial charge is 0.325 e. The largest absolute Gasteiger partial charge is 0.480 e. The van der Waals surface area contributed by atoms with Crippen LogP contribution in [0.15, 0.2) is 4.99 Å². The summed E-state index contributed by atoms with van der Waals surface area (Å²) in [5, 5.41) is 16.7. The van der Waals surface area contributed by atoms with E-state index >= 15 is 0 Å². The maximum atomic E-state index is 13.0. The Hall–Kier alpha value is -2.89. The predicted molar refractivity (Wildman–Crippen MR) is 121 cm³/mol. The van der Waals surface area contributed by atoms with Gasteiger partial charge in [-0.05, 0) is 31.6 Å². The number of carboxylic acids is 1. The lowest BCUT2D eigenvalue weighted by Crippen LogP contribution is -2.58. The van der Waals surface area contributed by atoms with Gasteiger partial charge in [-0.1, -0.05) is 34.1 Å². The van der Waals surface area contributed by atoms with Crippen LogP contribution in [0, 0.1) is 11.8 Å². The number of aliphatic imine (C=N–C) groups is 1. The van der Waals surface area contributed by atoms with Crippen molar-refractivity contribution in [3.8, 4) is 0 Å². The Kier molecular flexibility index (Phi) is 12.9. The number of aliphatic carboxylic acids is 1. The van der Waals surface area contributed by atoms with Crippen molar-refractivity contribution in [1.29, 1.82) is 0 Å². The van der Waals surface area contributed by atoms with E-state index in [-0.39, 0.29) is 30.8 Å². The Morgan fingerprint density at radius 1 is 0.938 bits per heavy atom. The third kappa shape index (κ3) is 10.4. The number of rotatable bonds is 14. The average molecular weight is 458 g/mol. The number of hydrogen-bond donors (Lipinski definition) is 7. The maximum absolute atomic E-state index is 13.0. The van der Waals surface area contributed by atoms with Crippen LogP contribution in [-0.2, 0) is 19.2 Å². The minimum Gasteiger partial charge on any atom is -0.480 e. The van der Waals surface area contributed by atoms with Crippen molar-refractivity contribution in [3.05, 3.63) is 0 Å². The Morgan fingerprint density at radius 3 is 2.00 bits per heavy atom. The average Bonchev–Trinajstić information content (AvgIpc) is 2.71. The second-order valence-corrected chi connectivity index (χ2v) is 8.22. The van der Waals surface area contributed by atoms with E-state index < -0.39 is 47.9 Å². The molecule has 0 bridgehead atoms. The van der Waals surface area contributed by atoms with Gasteiger partial charge in [-0.15, -0.1) is 0 Å². The molecule has 0 aromatic rings. The van der Waals surface area contributed by atoms with Crippen molar-refractivity contribution in [3.63, 3.8) is 0 Å². The Bertz CT molecular complexity index is 679. The van der Waals surface area contributed by atoms with Gasteiger partial charge >= 0.3 is 5.97 Å². The van der Waals surface area contributed by atoms with Crippen molar-refractivity contribution in [2.24, 2.45) is 34.0 Å². The molecule has 184 valence electrons. The van der Waals surface area contributed by atoms with Gasteiger partial charge in [0.15, 0.2) is 5.96 Å². The van der Waals surface area contributed by atoms with Crippen molar-refractivity contribution in [2.45, 2.75) is 78.0 Å². The molecule has 0 radical (unpaired) electrons. The molecule has 12 nitrogen and oxygen atoms in total. The fourth-order valence-electron chi connectivity index (χ4n) is 2.66. The molecule has 12 heteroatoms. The van der Waals surface area contributed by atoms with Crippen LogP contribution in [0.1, 0.15) is 53.9 Å². The minimum atomic E-state index is -1.21. The standard InChI is InChI=1S/C20H39N7O5/c1-6-11(4)15(27-17(29)14(21)10(2)3)18(30)26-13(8-7-9-24-20(22)23)16(28)25-12(5)19(31)32/h10-15H,6-9,21H2,1-5H3,(H,25,28)(H,26,30)(H,27,29)(H,31,32)(H4,22,23,24). The SMILES string of the molecule is CCC(C)C(NC(=O)C(N)C(C)C)C(=O)NC(CCCN=C(N)N)C(=O)NC(C)C(=O)O. The van der Waals surface area contributed by atoms with Gasteiger partial charge in [0.05, 0.1) is 6.04 Å². The van der Waals surface area contributed by atoms with E-state index in [0.717, 1.165) is 0 Å². The van der Waals surface area contributed by atoms with Gasteiger partial charge in [-0.3, -0.25) is 24.2 Å². The molecule has 0 saturated heterocycles. The highest BCUT2D eigenvalue weighted by Crippen LogP contribution is 2.11. The van der Waals surface area contributed by atoms with Gasteiger partial charge in [0.25, 0.3) is 0 Å². The topological polar surface area (TPSA) is 215 Å². The highest BCUT2D eigenvalue weighted by Gasteiger charge is 2.32. The first-order valence-corrected chi connectivity index (χ1v) is 10.8. The molecule has 3 amide bonds. The summed E-state index contributed by atoms with van der Waals surface area (Å²) in [6.45, 7) is 8.80. The molecule has 0 aliphatic heterocycles. The van der Waals surface area contributed by atoms with Crippen molar-refractivity contribution in [1.82, 2.24) is 16.0 Å². The number of carbonyl (C=O) groups excluding carboxylic acids is 3. The Balaban J connectivity index is 5.49. The van der Waals surface area contributed by atoms with Crippen molar-refractivity contribution < 1.29 is 24.3 Å². The number of nitrogens with one attached hydrogen (secondary N) is 3. The van der Waals surface area contributed by atoms with Crippen LogP contribution in [0.2, 0.25) is 0 Å². The molecule has 0 aromatic heterocycles. The van der Waals surface area contributed by atoms with Gasteiger partial charge < -0.3 is 38.3 Å². The molecule has 0 fully saturated rings. The van der Waals surface area contributed by atoms with Crippen LogP contribution >= 0.6 is 0 Å². The molecular weight excluding hydrogens is 418 g/mol. The second-order valence-electron chi connectivity index (χ2n) is 8.22. The van der Waals surface area contributed by atoms with E-state index in [1.54, 1.807) is 20.8 Å². The molecule has 0 aromatic carbocycles. The first-order chi connectivity index (χ1) is 14.8. The summed E-state index contributed by atoms with van der Waals surface area (Å²) in [4.78, 5) is 53.0. The summed E-state index contributed by atoms with van der Waals surface area (Å²) < 4.78 is 0. The van der Waals surface area contributed by atoms with Crippen LogP contribution in [0.4, 0.5) is 0 Å². The molecule has 0 heterocycles. The number of amides is 3. The van der Waals surface area contributed by atoms with E-state index in [0.29, 0.717) is 12.8 Å². The zero-order valence-corrected chi connectivity index (χ0v) is 19.6. The molecule has 0 spiro atoms. The number of guanidine groups is 1. The van der Waals surface area contributed by atoms with Crippen molar-refractivity contribution >= 4 is 29.7 Å². The molecule has 0 aliphatic carbocycles. The molecular formula is C20H39N7O5. The van der Waals surface area contributed by atoms with E-state index in [1.807, 2.05) is 6.92 Å². The summed E-state index contributed by atoms with van der Waals surface area (Å²) in [6.07, 6.45) is 1.11. The first kappa shape index (κ1) is 29.1. The van der Waals surface area contributed by atoms with Crippen LogP contribution in [-0.4, -0.2) is 65.5 Å². The molecule has 5 atom stereocenters. The predicted octanol–water partition coefficient (Wildman–Crippen LogP) is -1.37. The summed E-state index contributed by atoms with van der Waals surface area (Å²) in [5.41, 5.74) is 16.5. The van der Waals surface area contributed by atoms with E-state index in [1.165, 1.54) is 6.92 Å². The van der Waals surface area contributed by atoms with E-state index in [4.69, 9.17) is 22.3 Å². The Labute approximate surface area is 189 Å². The van der Waals surface area contributed by atoms with Crippen LogP contribution < -0.4 is 33.2 Å². The summed E-state index contributed by atoms with van der Waals surface area (Å²) >= 11 is 0. The highest BCUT2D eigenvalue weighted by atomic mass is 16.4. The summed E-state index contributed by atoms with van der Waals surface area (Å²) in [7, 11) is 0. The Morgan fingerprint density at radius 2 is 1.53 bits per heavy atom. The number of carbonyl (C=O) groups is 4.